The van der Waals surface area contributed by atoms with Crippen LogP contribution in [0.25, 0.3) is 10.9 Å². The zero-order chi connectivity index (χ0) is 22.6. The first-order valence-corrected chi connectivity index (χ1v) is 11.8. The second kappa shape index (κ2) is 9.24. The predicted molar refractivity (Wildman–Crippen MR) is 121 cm³/mol. The van der Waals surface area contributed by atoms with Gasteiger partial charge < -0.3 is 9.30 Å². The number of carbonyl (C=O) groups is 1. The number of benzene rings is 2. The van der Waals surface area contributed by atoms with E-state index in [2.05, 4.69) is 6.07 Å². The molecule has 3 aromatic rings. The van der Waals surface area contributed by atoms with Crippen molar-refractivity contribution in [1.29, 1.82) is 0 Å². The molecule has 3 rings (SSSR count). The van der Waals surface area contributed by atoms with E-state index < -0.39 is 15.7 Å². The average Bonchev–Trinajstić information content (AvgIpc) is 3.16. The summed E-state index contributed by atoms with van der Waals surface area (Å²) in [7, 11) is -3.74. The fraction of sp³-hybridized carbons (Fsp3) is 0.375. The smallest absolute Gasteiger partial charge is 0.331 e. The molecule has 2 aromatic carbocycles. The van der Waals surface area contributed by atoms with E-state index in [-0.39, 0.29) is 17.5 Å². The summed E-state index contributed by atoms with van der Waals surface area (Å²) < 4.78 is 36.8. The highest BCUT2D eigenvalue weighted by Gasteiger charge is 2.31. The fourth-order valence-electron chi connectivity index (χ4n) is 3.46. The van der Waals surface area contributed by atoms with E-state index in [1.54, 1.807) is 31.2 Å². The van der Waals surface area contributed by atoms with Crippen molar-refractivity contribution in [2.75, 3.05) is 13.2 Å². The number of nitrogens with zero attached hydrogens (tertiary/aromatic N) is 1. The van der Waals surface area contributed by atoms with Gasteiger partial charge in [-0.2, -0.15) is 8.42 Å². The Labute approximate surface area is 183 Å². The molecule has 0 aliphatic rings. The second-order valence-electron chi connectivity index (χ2n) is 8.05. The lowest BCUT2D eigenvalue weighted by molar-refractivity contribution is -0.151. The van der Waals surface area contributed by atoms with Crippen molar-refractivity contribution in [1.82, 2.24) is 4.57 Å². The molecule has 6 nitrogen and oxygen atoms in total. The Bertz CT molecular complexity index is 1160. The van der Waals surface area contributed by atoms with Gasteiger partial charge in [0.1, 0.15) is 5.54 Å². The summed E-state index contributed by atoms with van der Waals surface area (Å²) in [5.41, 5.74) is 2.21. The first-order valence-electron chi connectivity index (χ1n) is 10.4. The van der Waals surface area contributed by atoms with Crippen molar-refractivity contribution in [3.05, 3.63) is 65.9 Å². The second-order valence-corrected chi connectivity index (χ2v) is 9.67. The summed E-state index contributed by atoms with van der Waals surface area (Å²) in [5.74, 6) is -0.275. The van der Waals surface area contributed by atoms with Gasteiger partial charge in [0.25, 0.3) is 10.1 Å². The number of aryl methyl sites for hydroxylation is 2. The van der Waals surface area contributed by atoms with Gasteiger partial charge in [0.2, 0.25) is 0 Å². The number of aromatic nitrogens is 1. The Hall–Kier alpha value is -2.64. The number of hydrogen-bond acceptors (Lipinski definition) is 5. The molecule has 0 fully saturated rings. The monoisotopic (exact) mass is 443 g/mol. The van der Waals surface area contributed by atoms with Gasteiger partial charge >= 0.3 is 5.97 Å². The van der Waals surface area contributed by atoms with E-state index in [4.69, 9.17) is 8.92 Å². The third-order valence-electron chi connectivity index (χ3n) is 5.29. The largest absolute Gasteiger partial charge is 0.464 e. The summed E-state index contributed by atoms with van der Waals surface area (Å²) in [4.78, 5) is 12.5. The van der Waals surface area contributed by atoms with Gasteiger partial charge in [-0.3, -0.25) is 4.18 Å². The summed E-state index contributed by atoms with van der Waals surface area (Å²) in [6, 6.07) is 14.6. The molecule has 31 heavy (non-hydrogen) atoms. The zero-order valence-corrected chi connectivity index (χ0v) is 19.2. The van der Waals surface area contributed by atoms with Crippen molar-refractivity contribution in [3.8, 4) is 0 Å². The summed E-state index contributed by atoms with van der Waals surface area (Å²) in [6.45, 7) is 7.83. The van der Waals surface area contributed by atoms with Crippen LogP contribution < -0.4 is 0 Å². The molecule has 0 radical (unpaired) electrons. The van der Waals surface area contributed by atoms with Gasteiger partial charge in [0.15, 0.2) is 0 Å². The van der Waals surface area contributed by atoms with Gasteiger partial charge in [-0.05, 0) is 81.8 Å². The molecule has 0 spiro atoms. The van der Waals surface area contributed by atoms with Crippen LogP contribution in [0.2, 0.25) is 0 Å². The van der Waals surface area contributed by atoms with Crippen LogP contribution in [0, 0.1) is 6.92 Å². The Morgan fingerprint density at radius 3 is 2.45 bits per heavy atom. The minimum absolute atomic E-state index is 0.116. The zero-order valence-electron chi connectivity index (χ0n) is 18.4. The summed E-state index contributed by atoms with van der Waals surface area (Å²) in [5, 5.41) is 1.02. The standard InChI is InChI=1S/C24H29NO5S/c1-5-29-23(26)24(3,4)25-15-14-20-17-19(10-13-22(20)25)7-6-16-30-31(27,28)21-11-8-18(2)9-12-21/h8-15,17H,5-7,16H2,1-4H3. The molecule has 0 saturated heterocycles. The Balaban J connectivity index is 1.63. The highest BCUT2D eigenvalue weighted by Crippen LogP contribution is 2.27. The molecule has 0 aliphatic heterocycles. The Morgan fingerprint density at radius 2 is 1.77 bits per heavy atom. The topological polar surface area (TPSA) is 74.6 Å². The van der Waals surface area contributed by atoms with Crippen LogP contribution in [-0.2, 0) is 35.8 Å². The van der Waals surface area contributed by atoms with Crippen LogP contribution in [0.4, 0.5) is 0 Å². The first kappa shape index (κ1) is 23.0. The number of hydrogen-bond donors (Lipinski definition) is 0. The van der Waals surface area contributed by atoms with Gasteiger partial charge in [0, 0.05) is 11.7 Å². The van der Waals surface area contributed by atoms with E-state index in [1.165, 1.54) is 0 Å². The van der Waals surface area contributed by atoms with Crippen molar-refractivity contribution >= 4 is 27.0 Å². The fourth-order valence-corrected chi connectivity index (χ4v) is 4.40. The van der Waals surface area contributed by atoms with Gasteiger partial charge in [-0.15, -0.1) is 0 Å². The molecule has 0 atom stereocenters. The number of esters is 1. The van der Waals surface area contributed by atoms with Gasteiger partial charge in [-0.25, -0.2) is 4.79 Å². The molecule has 0 aliphatic carbocycles. The number of rotatable bonds is 9. The van der Waals surface area contributed by atoms with E-state index in [0.29, 0.717) is 19.4 Å². The molecule has 7 heteroatoms. The maximum absolute atomic E-state index is 12.3. The molecular weight excluding hydrogens is 414 g/mol. The SMILES string of the molecule is CCOC(=O)C(C)(C)n1ccc2cc(CCCOS(=O)(=O)c3ccc(C)cc3)ccc21. The molecular formula is C24H29NO5S. The molecule has 0 unspecified atom stereocenters. The average molecular weight is 444 g/mol. The van der Waals surface area contributed by atoms with Crippen LogP contribution >= 0.6 is 0 Å². The molecule has 0 saturated carbocycles. The minimum atomic E-state index is -3.74. The van der Waals surface area contributed by atoms with Crippen molar-refractivity contribution in [2.24, 2.45) is 0 Å². The molecule has 0 bridgehead atoms. The molecule has 0 N–H and O–H groups in total. The first-order chi connectivity index (χ1) is 14.6. The maximum Gasteiger partial charge on any atom is 0.331 e. The van der Waals surface area contributed by atoms with Gasteiger partial charge in [0.05, 0.1) is 18.1 Å². The van der Waals surface area contributed by atoms with Crippen LogP contribution in [-0.4, -0.2) is 32.2 Å². The molecule has 0 amide bonds. The quantitative estimate of drug-likeness (QED) is 0.275. The highest BCUT2D eigenvalue weighted by atomic mass is 32.2. The number of fused-ring (bicyclic) bond motifs is 1. The molecule has 1 heterocycles. The number of carbonyl (C=O) groups excluding carboxylic acids is 1. The summed E-state index contributed by atoms with van der Waals surface area (Å²) in [6.07, 6.45) is 3.15. The van der Waals surface area contributed by atoms with Crippen LogP contribution in [0.3, 0.4) is 0 Å². The molecule has 1 aromatic heterocycles. The number of ether oxygens (including phenoxy) is 1. The lowest BCUT2D eigenvalue weighted by Crippen LogP contribution is -2.36. The predicted octanol–water partition coefficient (Wildman–Crippen LogP) is 4.59. The Morgan fingerprint density at radius 1 is 1.06 bits per heavy atom. The van der Waals surface area contributed by atoms with Crippen molar-refractivity contribution < 1.29 is 22.1 Å². The van der Waals surface area contributed by atoms with E-state index in [0.717, 1.165) is 22.0 Å². The Kier molecular flexibility index (Phi) is 6.86. The normalized spacial score (nSPS) is 12.3. The van der Waals surface area contributed by atoms with Crippen molar-refractivity contribution in [2.45, 2.75) is 51.0 Å². The van der Waals surface area contributed by atoms with E-state index >= 15 is 0 Å². The minimum Gasteiger partial charge on any atom is -0.464 e. The lowest BCUT2D eigenvalue weighted by Gasteiger charge is -2.25. The maximum atomic E-state index is 12.3. The van der Waals surface area contributed by atoms with Crippen molar-refractivity contribution in [3.63, 3.8) is 0 Å². The van der Waals surface area contributed by atoms with Crippen LogP contribution in [0.5, 0.6) is 0 Å². The van der Waals surface area contributed by atoms with Crippen LogP contribution in [0.1, 0.15) is 38.3 Å². The van der Waals surface area contributed by atoms with E-state index in [1.807, 2.05) is 49.7 Å². The highest BCUT2D eigenvalue weighted by molar-refractivity contribution is 7.86. The third-order valence-corrected chi connectivity index (χ3v) is 6.62. The lowest BCUT2D eigenvalue weighted by atomic mass is 10.0. The van der Waals surface area contributed by atoms with Crippen LogP contribution in [0.15, 0.2) is 59.6 Å². The van der Waals surface area contributed by atoms with E-state index in [9.17, 15) is 13.2 Å². The summed E-state index contributed by atoms with van der Waals surface area (Å²) >= 11 is 0. The third kappa shape index (κ3) is 5.17. The molecule has 166 valence electrons. The van der Waals surface area contributed by atoms with Gasteiger partial charge in [-0.1, -0.05) is 23.8 Å².